The maximum atomic E-state index is 11.5. The largest absolute Gasteiger partial charge is 0.479 e. The number of carbonyl (C=O) groups is 2. The van der Waals surface area contributed by atoms with E-state index in [1.807, 2.05) is 0 Å². The van der Waals surface area contributed by atoms with E-state index in [1.54, 1.807) is 0 Å². The van der Waals surface area contributed by atoms with Crippen LogP contribution in [0.5, 0.6) is 0 Å². The van der Waals surface area contributed by atoms with Gasteiger partial charge in [0.15, 0.2) is 12.2 Å². The molecule has 28 heavy (non-hydrogen) atoms. The number of methoxy groups -OCH3 is 1. The number of aliphatic hydroxyl groups is 4. The molecule has 0 aromatic rings. The van der Waals surface area contributed by atoms with Crippen LogP contribution in [0.2, 0.25) is 0 Å². The Hall–Kier alpha value is -1.38. The topological polar surface area (TPSA) is 192 Å². The second-order valence-electron chi connectivity index (χ2n) is 6.92. The van der Waals surface area contributed by atoms with Crippen molar-refractivity contribution in [3.05, 3.63) is 0 Å². The molecule has 1 aliphatic rings. The summed E-state index contributed by atoms with van der Waals surface area (Å²) in [5, 5.41) is 57.9. The Morgan fingerprint density at radius 2 is 1.79 bits per heavy atom. The maximum Gasteiger partial charge on any atom is 0.335 e. The molecule has 12 heteroatoms. The van der Waals surface area contributed by atoms with E-state index in [1.165, 1.54) is 21.0 Å². The fourth-order valence-corrected chi connectivity index (χ4v) is 2.71. The van der Waals surface area contributed by atoms with Crippen LogP contribution in [0.25, 0.3) is 0 Å². The van der Waals surface area contributed by atoms with Gasteiger partial charge in [0.05, 0.1) is 25.4 Å². The number of ether oxygens (including phenoxy) is 4. The molecule has 0 aromatic carbocycles. The summed E-state index contributed by atoms with van der Waals surface area (Å²) < 4.78 is 20.6. The zero-order chi connectivity index (χ0) is 21.6. The Morgan fingerprint density at radius 3 is 2.25 bits per heavy atom. The van der Waals surface area contributed by atoms with Gasteiger partial charge in [-0.25, -0.2) is 9.59 Å². The molecule has 7 atom stereocenters. The third kappa shape index (κ3) is 6.06. The van der Waals surface area contributed by atoms with E-state index in [2.05, 4.69) is 0 Å². The summed E-state index contributed by atoms with van der Waals surface area (Å²) in [5.41, 5.74) is -1.37. The van der Waals surface area contributed by atoms with Gasteiger partial charge in [0.1, 0.15) is 30.5 Å². The lowest BCUT2D eigenvalue weighted by molar-refractivity contribution is -0.271. The van der Waals surface area contributed by atoms with Gasteiger partial charge in [0, 0.05) is 7.11 Å². The van der Waals surface area contributed by atoms with Crippen LogP contribution in [0.1, 0.15) is 13.8 Å². The summed E-state index contributed by atoms with van der Waals surface area (Å²) in [4.78, 5) is 22.7. The van der Waals surface area contributed by atoms with Crippen LogP contribution in [0, 0.1) is 0 Å². The minimum atomic E-state index is -1.65. The molecule has 0 spiro atoms. The normalized spacial score (nSPS) is 30.4. The highest BCUT2D eigenvalue weighted by molar-refractivity contribution is 5.73. The summed E-state index contributed by atoms with van der Waals surface area (Å²) in [7, 11) is 1.24. The number of aliphatic hydroxyl groups excluding tert-OH is 4. The van der Waals surface area contributed by atoms with Gasteiger partial charge in [0.25, 0.3) is 0 Å². The van der Waals surface area contributed by atoms with Crippen LogP contribution >= 0.6 is 0 Å². The van der Waals surface area contributed by atoms with Crippen molar-refractivity contribution < 1.29 is 59.2 Å². The van der Waals surface area contributed by atoms with Crippen molar-refractivity contribution in [3.63, 3.8) is 0 Å². The van der Waals surface area contributed by atoms with Gasteiger partial charge in [-0.1, -0.05) is 0 Å². The molecular weight excluding hydrogens is 384 g/mol. The molecule has 1 rings (SSSR count). The van der Waals surface area contributed by atoms with Crippen molar-refractivity contribution in [2.75, 3.05) is 26.9 Å². The highest BCUT2D eigenvalue weighted by Gasteiger charge is 2.52. The molecule has 6 unspecified atom stereocenters. The van der Waals surface area contributed by atoms with Crippen LogP contribution in [0.4, 0.5) is 0 Å². The van der Waals surface area contributed by atoms with Gasteiger partial charge in [-0.3, -0.25) is 0 Å². The Balaban J connectivity index is 2.94. The molecule has 1 aliphatic heterocycles. The summed E-state index contributed by atoms with van der Waals surface area (Å²) in [6.45, 7) is 1.05. The van der Waals surface area contributed by atoms with E-state index in [0.29, 0.717) is 0 Å². The zero-order valence-electron chi connectivity index (χ0n) is 15.8. The summed E-state index contributed by atoms with van der Waals surface area (Å²) in [5.74, 6) is -2.84. The number of carboxylic acid groups (broad SMARTS) is 2. The molecule has 0 amide bonds. The number of aliphatic carboxylic acids is 2. The standard InChI is InChI=1S/C16H28O12/c1-16(2)13(20)10(19)11(12(28-16)15(23)24)26-6-8(7(18)4-17)27-9(5-25-3)14(21)22/h7-13,17-20H,4-6H2,1-3H3,(H,21,22)(H,23,24)/t7?,8?,9?,10?,11-,12?,13?/m1/s1. The number of rotatable bonds is 11. The smallest absolute Gasteiger partial charge is 0.335 e. The predicted octanol–water partition coefficient (Wildman–Crippen LogP) is -2.81. The average molecular weight is 412 g/mol. The molecule has 1 saturated heterocycles. The quantitative estimate of drug-likeness (QED) is 0.204. The molecule has 0 aromatic heterocycles. The van der Waals surface area contributed by atoms with E-state index in [0.717, 1.165) is 0 Å². The number of carboxylic acids is 2. The van der Waals surface area contributed by atoms with Gasteiger partial charge in [-0.2, -0.15) is 0 Å². The van der Waals surface area contributed by atoms with Crippen molar-refractivity contribution in [2.45, 2.75) is 62.2 Å². The van der Waals surface area contributed by atoms with Gasteiger partial charge < -0.3 is 49.6 Å². The minimum absolute atomic E-state index is 0.357. The first-order valence-electron chi connectivity index (χ1n) is 8.50. The Labute approximate surface area is 161 Å². The molecule has 0 bridgehead atoms. The molecule has 6 N–H and O–H groups in total. The fraction of sp³-hybridized carbons (Fsp3) is 0.875. The number of hydrogen-bond donors (Lipinski definition) is 6. The van der Waals surface area contributed by atoms with Gasteiger partial charge >= 0.3 is 11.9 Å². The predicted molar refractivity (Wildman–Crippen MR) is 89.6 cm³/mol. The van der Waals surface area contributed by atoms with Crippen molar-refractivity contribution in [3.8, 4) is 0 Å². The molecule has 1 heterocycles. The summed E-state index contributed by atoms with van der Waals surface area (Å²) in [6, 6.07) is 0. The molecule has 164 valence electrons. The first-order valence-corrected chi connectivity index (χ1v) is 8.50. The summed E-state index contributed by atoms with van der Waals surface area (Å²) >= 11 is 0. The highest BCUT2D eigenvalue weighted by atomic mass is 16.6. The molecule has 0 aliphatic carbocycles. The number of hydrogen-bond acceptors (Lipinski definition) is 10. The van der Waals surface area contributed by atoms with Crippen LogP contribution in [-0.4, -0.2) is 118 Å². The van der Waals surface area contributed by atoms with Crippen molar-refractivity contribution in [1.82, 2.24) is 0 Å². The molecule has 12 nitrogen and oxygen atoms in total. The Kier molecular flexibility index (Phi) is 9.17. The van der Waals surface area contributed by atoms with Crippen molar-refractivity contribution in [1.29, 1.82) is 0 Å². The monoisotopic (exact) mass is 412 g/mol. The lowest BCUT2D eigenvalue weighted by atomic mass is 9.87. The van der Waals surface area contributed by atoms with Crippen LogP contribution in [0.15, 0.2) is 0 Å². The first-order chi connectivity index (χ1) is 13.0. The van der Waals surface area contributed by atoms with Crippen LogP contribution in [-0.2, 0) is 28.5 Å². The lowest BCUT2D eigenvalue weighted by Crippen LogP contribution is -2.64. The average Bonchev–Trinajstić information content (AvgIpc) is 2.62. The van der Waals surface area contributed by atoms with E-state index in [4.69, 9.17) is 29.2 Å². The third-order valence-corrected chi connectivity index (χ3v) is 4.35. The molecular formula is C16H28O12. The van der Waals surface area contributed by atoms with Crippen LogP contribution in [0.3, 0.4) is 0 Å². The minimum Gasteiger partial charge on any atom is -0.479 e. The molecule has 0 saturated carbocycles. The van der Waals surface area contributed by atoms with Crippen molar-refractivity contribution in [2.24, 2.45) is 0 Å². The lowest BCUT2D eigenvalue weighted by Gasteiger charge is -2.45. The second kappa shape index (κ2) is 10.4. The molecule has 0 radical (unpaired) electrons. The zero-order valence-corrected chi connectivity index (χ0v) is 15.8. The van der Waals surface area contributed by atoms with Crippen molar-refractivity contribution >= 4 is 11.9 Å². The van der Waals surface area contributed by atoms with Gasteiger partial charge in [-0.05, 0) is 13.8 Å². The Morgan fingerprint density at radius 1 is 1.18 bits per heavy atom. The van der Waals surface area contributed by atoms with Gasteiger partial charge in [0.2, 0.25) is 0 Å². The summed E-state index contributed by atoms with van der Waals surface area (Å²) in [6.07, 6.45) is -10.8. The van der Waals surface area contributed by atoms with E-state index >= 15 is 0 Å². The van der Waals surface area contributed by atoms with E-state index < -0.39 is 73.5 Å². The first kappa shape index (κ1) is 24.7. The fourth-order valence-electron chi connectivity index (χ4n) is 2.71. The highest BCUT2D eigenvalue weighted by Crippen LogP contribution is 2.31. The third-order valence-electron chi connectivity index (χ3n) is 4.35. The van der Waals surface area contributed by atoms with E-state index in [9.17, 15) is 30.0 Å². The van der Waals surface area contributed by atoms with Crippen LogP contribution < -0.4 is 0 Å². The SMILES string of the molecule is COCC(OC(CO[C@H]1C(C(=O)O)OC(C)(C)C(O)C1O)C(O)CO)C(=O)O. The van der Waals surface area contributed by atoms with E-state index in [-0.39, 0.29) is 6.61 Å². The van der Waals surface area contributed by atoms with Gasteiger partial charge in [-0.15, -0.1) is 0 Å². The maximum absolute atomic E-state index is 11.5. The molecule has 1 fully saturated rings. The second-order valence-corrected chi connectivity index (χ2v) is 6.92. The Bertz CT molecular complexity index is 524.